The van der Waals surface area contributed by atoms with Crippen LogP contribution in [0.4, 0.5) is 13.2 Å². The van der Waals surface area contributed by atoms with Gasteiger partial charge in [0.2, 0.25) is 0 Å². The minimum Gasteiger partial charge on any atom is -0.383 e. The molecule has 1 aliphatic carbocycles. The van der Waals surface area contributed by atoms with Crippen molar-refractivity contribution in [2.24, 2.45) is 5.92 Å². The first-order valence-corrected chi connectivity index (χ1v) is 9.07. The van der Waals surface area contributed by atoms with Crippen LogP contribution in [0.2, 0.25) is 0 Å². The summed E-state index contributed by atoms with van der Waals surface area (Å²) < 4.78 is 45.1. The van der Waals surface area contributed by atoms with Crippen LogP contribution in [0.3, 0.4) is 0 Å². The molecule has 0 unspecified atom stereocenters. The fourth-order valence-electron chi connectivity index (χ4n) is 4.17. The first kappa shape index (κ1) is 19.1. The van der Waals surface area contributed by atoms with E-state index in [1.165, 1.54) is 12.3 Å². The van der Waals surface area contributed by atoms with Crippen molar-refractivity contribution in [3.8, 4) is 0 Å². The van der Waals surface area contributed by atoms with Gasteiger partial charge in [-0.05, 0) is 48.8 Å². The minimum atomic E-state index is -4.39. The zero-order valence-electron chi connectivity index (χ0n) is 15.1. The van der Waals surface area contributed by atoms with Crippen LogP contribution in [-0.4, -0.2) is 31.3 Å². The number of rotatable bonds is 5. The lowest BCUT2D eigenvalue weighted by Gasteiger charge is -2.35. The molecule has 1 aliphatic rings. The molecule has 1 saturated carbocycles. The van der Waals surface area contributed by atoms with Gasteiger partial charge in [0.1, 0.15) is 0 Å². The summed E-state index contributed by atoms with van der Waals surface area (Å²) in [7, 11) is 1.68. The largest absolute Gasteiger partial charge is 0.418 e. The molecule has 0 bridgehead atoms. The highest BCUT2D eigenvalue weighted by Gasteiger charge is 2.35. The van der Waals surface area contributed by atoms with Gasteiger partial charge in [0.05, 0.1) is 17.7 Å². The van der Waals surface area contributed by atoms with Crippen LogP contribution in [-0.2, 0) is 10.9 Å². The molecule has 3 nitrogen and oxygen atoms in total. The molecule has 0 aliphatic heterocycles. The average molecular weight is 366 g/mol. The molecule has 1 fully saturated rings. The number of ether oxygens (including phenoxy) is 1. The Bertz CT molecular complexity index is 747. The standard InChI is InChI=1S/C20H25F3N2O/c1-13-10-14(12-15(11-13)24-8-9-26-2)16-5-6-18(20(21,22)23)19-17(16)4-3-7-25-19/h3-7,13-15,24H,8-12H2,1-2H3/t13-,14+,15-/m0/s1. The summed E-state index contributed by atoms with van der Waals surface area (Å²) >= 11 is 0. The molecule has 26 heavy (non-hydrogen) atoms. The maximum absolute atomic E-state index is 13.3. The molecule has 142 valence electrons. The second-order valence-electron chi connectivity index (χ2n) is 7.25. The number of hydrogen-bond donors (Lipinski definition) is 1. The normalized spacial score (nSPS) is 24.1. The Morgan fingerprint density at radius 1 is 1.19 bits per heavy atom. The Hall–Kier alpha value is -1.66. The van der Waals surface area contributed by atoms with Crippen molar-refractivity contribution in [1.82, 2.24) is 10.3 Å². The van der Waals surface area contributed by atoms with Crippen LogP contribution in [0.1, 0.15) is 43.2 Å². The quantitative estimate of drug-likeness (QED) is 0.775. The highest BCUT2D eigenvalue weighted by atomic mass is 19.4. The van der Waals surface area contributed by atoms with E-state index in [1.807, 2.05) is 0 Å². The van der Waals surface area contributed by atoms with Crippen LogP contribution in [0, 0.1) is 5.92 Å². The Morgan fingerprint density at radius 2 is 2.00 bits per heavy atom. The Morgan fingerprint density at radius 3 is 2.73 bits per heavy atom. The number of pyridine rings is 1. The van der Waals surface area contributed by atoms with Crippen LogP contribution in [0.15, 0.2) is 30.5 Å². The number of benzene rings is 1. The lowest BCUT2D eigenvalue weighted by molar-refractivity contribution is -0.136. The van der Waals surface area contributed by atoms with Gasteiger partial charge in [0, 0.05) is 31.3 Å². The second kappa shape index (κ2) is 7.92. The molecular weight excluding hydrogens is 341 g/mol. The van der Waals surface area contributed by atoms with E-state index in [0.717, 1.165) is 31.4 Å². The maximum atomic E-state index is 13.3. The third-order valence-corrected chi connectivity index (χ3v) is 5.23. The number of aromatic nitrogens is 1. The summed E-state index contributed by atoms with van der Waals surface area (Å²) in [6.45, 7) is 3.65. The summed E-state index contributed by atoms with van der Waals surface area (Å²) in [5.41, 5.74) is 0.376. The van der Waals surface area contributed by atoms with Gasteiger partial charge in [0.25, 0.3) is 0 Å². The Labute approximate surface area is 152 Å². The van der Waals surface area contributed by atoms with Crippen molar-refractivity contribution in [2.45, 2.75) is 44.3 Å². The van der Waals surface area contributed by atoms with Crippen LogP contribution in [0.5, 0.6) is 0 Å². The molecule has 1 heterocycles. The molecule has 1 aromatic heterocycles. The van der Waals surface area contributed by atoms with Gasteiger partial charge in [-0.1, -0.05) is 19.1 Å². The van der Waals surface area contributed by atoms with E-state index in [0.29, 0.717) is 24.0 Å². The minimum absolute atomic E-state index is 0.0552. The number of methoxy groups -OCH3 is 1. The molecular formula is C20H25F3N2O. The van der Waals surface area contributed by atoms with Crippen LogP contribution >= 0.6 is 0 Å². The molecule has 1 N–H and O–H groups in total. The van der Waals surface area contributed by atoms with Gasteiger partial charge in [0.15, 0.2) is 0 Å². The van der Waals surface area contributed by atoms with Gasteiger partial charge in [-0.25, -0.2) is 0 Å². The molecule has 3 rings (SSSR count). The number of hydrogen-bond acceptors (Lipinski definition) is 3. The number of halogens is 3. The van der Waals surface area contributed by atoms with Crippen molar-refractivity contribution in [3.63, 3.8) is 0 Å². The molecule has 1 aromatic carbocycles. The molecule has 0 spiro atoms. The lowest BCUT2D eigenvalue weighted by atomic mass is 9.75. The number of fused-ring (bicyclic) bond motifs is 1. The van der Waals surface area contributed by atoms with E-state index in [2.05, 4.69) is 17.2 Å². The van der Waals surface area contributed by atoms with Crippen molar-refractivity contribution >= 4 is 10.9 Å². The molecule has 0 saturated heterocycles. The van der Waals surface area contributed by atoms with Gasteiger partial charge >= 0.3 is 6.18 Å². The van der Waals surface area contributed by atoms with Gasteiger partial charge in [-0.15, -0.1) is 0 Å². The van der Waals surface area contributed by atoms with E-state index < -0.39 is 11.7 Å². The van der Waals surface area contributed by atoms with E-state index in [1.54, 1.807) is 25.3 Å². The molecule has 3 atom stereocenters. The SMILES string of the molecule is COCCN[C@H]1C[C@@H](C)C[C@@H](c2ccc(C(F)(F)F)c3ncccc23)C1. The molecule has 0 amide bonds. The van der Waals surface area contributed by atoms with Crippen LogP contribution < -0.4 is 5.32 Å². The first-order valence-electron chi connectivity index (χ1n) is 9.07. The van der Waals surface area contributed by atoms with Crippen molar-refractivity contribution in [1.29, 1.82) is 0 Å². The third-order valence-electron chi connectivity index (χ3n) is 5.23. The maximum Gasteiger partial charge on any atom is 0.418 e. The molecule has 0 radical (unpaired) electrons. The number of nitrogens with zero attached hydrogens (tertiary/aromatic N) is 1. The fraction of sp³-hybridized carbons (Fsp3) is 0.550. The fourth-order valence-corrected chi connectivity index (χ4v) is 4.17. The predicted octanol–water partition coefficient (Wildman–Crippen LogP) is 4.76. The van der Waals surface area contributed by atoms with Gasteiger partial charge in [-0.3, -0.25) is 4.98 Å². The lowest BCUT2D eigenvalue weighted by Crippen LogP contribution is -2.38. The smallest absolute Gasteiger partial charge is 0.383 e. The molecule has 6 heteroatoms. The van der Waals surface area contributed by atoms with Crippen molar-refractivity contribution in [3.05, 3.63) is 41.6 Å². The molecule has 2 aromatic rings. The van der Waals surface area contributed by atoms with Gasteiger partial charge in [-0.2, -0.15) is 13.2 Å². The Balaban J connectivity index is 1.92. The monoisotopic (exact) mass is 366 g/mol. The highest BCUT2D eigenvalue weighted by Crippen LogP contribution is 2.41. The first-order chi connectivity index (χ1) is 12.4. The van der Waals surface area contributed by atoms with E-state index in [9.17, 15) is 13.2 Å². The van der Waals surface area contributed by atoms with Gasteiger partial charge < -0.3 is 10.1 Å². The number of alkyl halides is 3. The summed E-state index contributed by atoms with van der Waals surface area (Å²) in [6, 6.07) is 6.68. The predicted molar refractivity (Wildman–Crippen MR) is 96.2 cm³/mol. The zero-order valence-corrected chi connectivity index (χ0v) is 15.1. The summed E-state index contributed by atoms with van der Waals surface area (Å²) in [4.78, 5) is 4.05. The zero-order chi connectivity index (χ0) is 18.7. The van der Waals surface area contributed by atoms with E-state index in [4.69, 9.17) is 4.74 Å². The second-order valence-corrected chi connectivity index (χ2v) is 7.25. The van der Waals surface area contributed by atoms with E-state index in [-0.39, 0.29) is 11.4 Å². The number of nitrogens with one attached hydrogen (secondary N) is 1. The van der Waals surface area contributed by atoms with Crippen LogP contribution in [0.25, 0.3) is 10.9 Å². The third kappa shape index (κ3) is 4.18. The summed E-state index contributed by atoms with van der Waals surface area (Å²) in [5.74, 6) is 0.746. The topological polar surface area (TPSA) is 34.1 Å². The average Bonchev–Trinajstić information content (AvgIpc) is 2.59. The highest BCUT2D eigenvalue weighted by molar-refractivity contribution is 5.86. The van der Waals surface area contributed by atoms with E-state index >= 15 is 0 Å². The van der Waals surface area contributed by atoms with Crippen molar-refractivity contribution in [2.75, 3.05) is 20.3 Å². The summed E-state index contributed by atoms with van der Waals surface area (Å²) in [5, 5.41) is 4.14. The Kier molecular flexibility index (Phi) is 5.82. The van der Waals surface area contributed by atoms with Crippen molar-refractivity contribution < 1.29 is 17.9 Å². The summed E-state index contributed by atoms with van der Waals surface area (Å²) in [6.07, 6.45) is 0.0213.